The van der Waals surface area contributed by atoms with Gasteiger partial charge in [-0.1, -0.05) is 17.7 Å². The number of anilines is 2. The predicted molar refractivity (Wildman–Crippen MR) is 68.3 cm³/mol. The monoisotopic (exact) mass is 217 g/mol. The lowest BCUT2D eigenvalue weighted by molar-refractivity contribution is 1.23. The van der Waals surface area contributed by atoms with Crippen molar-refractivity contribution in [3.63, 3.8) is 0 Å². The first-order chi connectivity index (χ1) is 7.16. The summed E-state index contributed by atoms with van der Waals surface area (Å²) in [5.41, 5.74) is 2.54. The van der Waals surface area contributed by atoms with E-state index in [2.05, 4.69) is 62.2 Å². The molecule has 0 saturated carbocycles. The van der Waals surface area contributed by atoms with Gasteiger partial charge in [0.2, 0.25) is 0 Å². The predicted octanol–water partition coefficient (Wildman–Crippen LogP) is 4.13. The summed E-state index contributed by atoms with van der Waals surface area (Å²) in [6.07, 6.45) is 0. The minimum Gasteiger partial charge on any atom is -0.336 e. The molecule has 0 aliphatic rings. The molecule has 1 aromatic carbocycles. The first-order valence-corrected chi connectivity index (χ1v) is 5.85. The van der Waals surface area contributed by atoms with E-state index in [1.807, 2.05) is 11.3 Å². The van der Waals surface area contributed by atoms with Crippen molar-refractivity contribution in [3.05, 3.63) is 46.8 Å². The fourth-order valence-corrected chi connectivity index (χ4v) is 2.34. The fourth-order valence-electron chi connectivity index (χ4n) is 1.50. The molecule has 2 heteroatoms. The van der Waals surface area contributed by atoms with Crippen molar-refractivity contribution in [3.8, 4) is 0 Å². The first-order valence-electron chi connectivity index (χ1n) is 5.03. The molecule has 1 nitrogen and oxygen atoms in total. The Morgan fingerprint density at radius 1 is 0.933 bits per heavy atom. The molecular formula is C13H15NS. The first kappa shape index (κ1) is 10.2. The minimum atomic E-state index is 1.24. The van der Waals surface area contributed by atoms with Gasteiger partial charge in [0.15, 0.2) is 0 Å². The van der Waals surface area contributed by atoms with Crippen LogP contribution in [0.1, 0.15) is 10.4 Å². The molecule has 0 fully saturated rings. The summed E-state index contributed by atoms with van der Waals surface area (Å²) in [7, 11) is 2.11. The molecule has 0 saturated heterocycles. The van der Waals surface area contributed by atoms with Gasteiger partial charge in [0.25, 0.3) is 0 Å². The van der Waals surface area contributed by atoms with Crippen LogP contribution in [0, 0.1) is 13.8 Å². The maximum absolute atomic E-state index is 2.22. The van der Waals surface area contributed by atoms with Gasteiger partial charge in [0.05, 0.1) is 5.00 Å². The van der Waals surface area contributed by atoms with E-state index in [-0.39, 0.29) is 0 Å². The molecule has 78 valence electrons. The van der Waals surface area contributed by atoms with Crippen LogP contribution < -0.4 is 4.90 Å². The van der Waals surface area contributed by atoms with Crippen molar-refractivity contribution < 1.29 is 0 Å². The van der Waals surface area contributed by atoms with Crippen LogP contribution in [0.2, 0.25) is 0 Å². The normalized spacial score (nSPS) is 10.3. The van der Waals surface area contributed by atoms with Gasteiger partial charge in [-0.3, -0.25) is 0 Å². The Morgan fingerprint density at radius 2 is 1.60 bits per heavy atom. The van der Waals surface area contributed by atoms with Gasteiger partial charge in [-0.2, -0.15) is 0 Å². The molecule has 0 amide bonds. The molecule has 2 rings (SSSR count). The molecule has 0 bridgehead atoms. The van der Waals surface area contributed by atoms with E-state index in [0.29, 0.717) is 0 Å². The molecule has 0 atom stereocenters. The van der Waals surface area contributed by atoms with E-state index < -0.39 is 0 Å². The maximum atomic E-state index is 2.22. The Hall–Kier alpha value is -1.28. The number of hydrogen-bond donors (Lipinski definition) is 0. The van der Waals surface area contributed by atoms with E-state index in [9.17, 15) is 0 Å². The number of rotatable bonds is 2. The van der Waals surface area contributed by atoms with E-state index in [1.165, 1.54) is 21.1 Å². The summed E-state index contributed by atoms with van der Waals surface area (Å²) in [6, 6.07) is 12.9. The van der Waals surface area contributed by atoms with Gasteiger partial charge in [-0.25, -0.2) is 0 Å². The van der Waals surface area contributed by atoms with Gasteiger partial charge in [0, 0.05) is 17.6 Å². The SMILES string of the molecule is Cc1ccc(N(C)c2ccc(C)s2)cc1. The van der Waals surface area contributed by atoms with Crippen molar-refractivity contribution >= 4 is 22.0 Å². The van der Waals surface area contributed by atoms with Crippen molar-refractivity contribution in [1.29, 1.82) is 0 Å². The zero-order valence-electron chi connectivity index (χ0n) is 9.32. The average molecular weight is 217 g/mol. The molecule has 15 heavy (non-hydrogen) atoms. The number of nitrogens with zero attached hydrogens (tertiary/aromatic N) is 1. The van der Waals surface area contributed by atoms with Crippen molar-refractivity contribution in [2.75, 3.05) is 11.9 Å². The Labute approximate surface area is 95.0 Å². The standard InChI is InChI=1S/C13H15NS/c1-10-4-7-12(8-5-10)14(3)13-9-6-11(2)15-13/h4-9H,1-3H3. The second kappa shape index (κ2) is 4.07. The van der Waals surface area contributed by atoms with Crippen LogP contribution in [0.15, 0.2) is 36.4 Å². The van der Waals surface area contributed by atoms with Crippen molar-refractivity contribution in [2.24, 2.45) is 0 Å². The highest BCUT2D eigenvalue weighted by Gasteiger charge is 2.04. The molecule has 1 aromatic heterocycles. The van der Waals surface area contributed by atoms with Crippen molar-refractivity contribution in [1.82, 2.24) is 0 Å². The third kappa shape index (κ3) is 2.21. The molecule has 0 N–H and O–H groups in total. The van der Waals surface area contributed by atoms with Gasteiger partial charge >= 0.3 is 0 Å². The maximum Gasteiger partial charge on any atom is 0.0953 e. The van der Waals surface area contributed by atoms with Gasteiger partial charge < -0.3 is 4.90 Å². The Kier molecular flexibility index (Phi) is 2.78. The van der Waals surface area contributed by atoms with E-state index in [0.717, 1.165) is 0 Å². The second-order valence-electron chi connectivity index (χ2n) is 3.78. The Balaban J connectivity index is 2.28. The van der Waals surface area contributed by atoms with Crippen LogP contribution in [0.3, 0.4) is 0 Å². The molecule has 0 unspecified atom stereocenters. The summed E-state index contributed by atoms with van der Waals surface area (Å²) in [4.78, 5) is 3.57. The Bertz CT molecular complexity index is 442. The quantitative estimate of drug-likeness (QED) is 0.731. The van der Waals surface area contributed by atoms with Crippen LogP contribution in [0.25, 0.3) is 0 Å². The summed E-state index contributed by atoms with van der Waals surface area (Å²) >= 11 is 1.82. The lowest BCUT2D eigenvalue weighted by atomic mass is 10.2. The highest BCUT2D eigenvalue weighted by molar-refractivity contribution is 7.16. The Morgan fingerprint density at radius 3 is 2.13 bits per heavy atom. The lowest BCUT2D eigenvalue weighted by Crippen LogP contribution is -2.07. The molecule has 1 heterocycles. The smallest absolute Gasteiger partial charge is 0.0953 e. The molecule has 0 radical (unpaired) electrons. The fraction of sp³-hybridized carbons (Fsp3) is 0.231. The molecule has 0 aliphatic heterocycles. The molecular weight excluding hydrogens is 202 g/mol. The molecule has 0 aliphatic carbocycles. The van der Waals surface area contributed by atoms with Gasteiger partial charge in [0.1, 0.15) is 0 Å². The summed E-state index contributed by atoms with van der Waals surface area (Å²) in [5.74, 6) is 0. The van der Waals surface area contributed by atoms with Crippen LogP contribution in [-0.2, 0) is 0 Å². The molecule has 2 aromatic rings. The van der Waals surface area contributed by atoms with Crippen LogP contribution in [0.5, 0.6) is 0 Å². The second-order valence-corrected chi connectivity index (χ2v) is 5.05. The lowest BCUT2D eigenvalue weighted by Gasteiger charge is -2.17. The highest BCUT2D eigenvalue weighted by Crippen LogP contribution is 2.30. The van der Waals surface area contributed by atoms with Gasteiger partial charge in [-0.05, 0) is 38.1 Å². The van der Waals surface area contributed by atoms with Crippen molar-refractivity contribution in [2.45, 2.75) is 13.8 Å². The van der Waals surface area contributed by atoms with E-state index in [1.54, 1.807) is 0 Å². The summed E-state index contributed by atoms with van der Waals surface area (Å²) < 4.78 is 0. The molecule has 0 spiro atoms. The van der Waals surface area contributed by atoms with Gasteiger partial charge in [-0.15, -0.1) is 11.3 Å². The summed E-state index contributed by atoms with van der Waals surface area (Å²) in [6.45, 7) is 4.25. The van der Waals surface area contributed by atoms with Crippen LogP contribution in [0.4, 0.5) is 10.7 Å². The highest BCUT2D eigenvalue weighted by atomic mass is 32.1. The average Bonchev–Trinajstić information content (AvgIpc) is 2.65. The largest absolute Gasteiger partial charge is 0.336 e. The third-order valence-corrected chi connectivity index (χ3v) is 3.56. The third-order valence-electron chi connectivity index (χ3n) is 2.48. The number of benzene rings is 1. The van der Waals surface area contributed by atoms with Crippen LogP contribution in [-0.4, -0.2) is 7.05 Å². The minimum absolute atomic E-state index is 1.24. The number of hydrogen-bond acceptors (Lipinski definition) is 2. The van der Waals surface area contributed by atoms with E-state index >= 15 is 0 Å². The van der Waals surface area contributed by atoms with E-state index in [4.69, 9.17) is 0 Å². The number of thiophene rings is 1. The van der Waals surface area contributed by atoms with Crippen LogP contribution >= 0.6 is 11.3 Å². The zero-order valence-corrected chi connectivity index (χ0v) is 10.1. The summed E-state index contributed by atoms with van der Waals surface area (Å²) in [5, 5.41) is 1.29. The zero-order chi connectivity index (χ0) is 10.8. The topological polar surface area (TPSA) is 3.24 Å². The number of aryl methyl sites for hydroxylation is 2.